The Morgan fingerprint density at radius 1 is 1.25 bits per heavy atom. The maximum atomic E-state index is 4.41. The molecule has 0 aromatic carbocycles. The van der Waals surface area contributed by atoms with Gasteiger partial charge in [-0.25, -0.2) is 9.67 Å². The van der Waals surface area contributed by atoms with Crippen LogP contribution in [0.5, 0.6) is 0 Å². The number of nitrogens with one attached hydrogen (secondary N) is 1. The maximum Gasteiger partial charge on any atom is 0.147 e. The van der Waals surface area contributed by atoms with E-state index in [-0.39, 0.29) is 0 Å². The Bertz CT molecular complexity index is 317. The summed E-state index contributed by atoms with van der Waals surface area (Å²) >= 11 is 0. The third-order valence-corrected chi connectivity index (χ3v) is 2.68. The summed E-state index contributed by atoms with van der Waals surface area (Å²) in [4.78, 5) is 4.32. The van der Waals surface area contributed by atoms with Crippen LogP contribution in [-0.2, 0) is 0 Å². The lowest BCUT2D eigenvalue weighted by molar-refractivity contribution is 0.423. The van der Waals surface area contributed by atoms with E-state index in [9.17, 15) is 0 Å². The van der Waals surface area contributed by atoms with Gasteiger partial charge in [-0.2, -0.15) is 5.10 Å². The molecule has 0 aliphatic rings. The van der Waals surface area contributed by atoms with Crippen LogP contribution in [0.25, 0.3) is 0 Å². The molecule has 0 saturated carbocycles. The Morgan fingerprint density at radius 3 is 2.44 bits per heavy atom. The second kappa shape index (κ2) is 5.99. The van der Waals surface area contributed by atoms with E-state index in [1.54, 1.807) is 0 Å². The Kier molecular flexibility index (Phi) is 4.93. The van der Waals surface area contributed by atoms with Crippen LogP contribution < -0.4 is 5.32 Å². The highest BCUT2D eigenvalue weighted by Gasteiger charge is 2.09. The van der Waals surface area contributed by atoms with Crippen LogP contribution in [0.3, 0.4) is 0 Å². The number of hydrogen-bond donors (Lipinski definition) is 1. The van der Waals surface area contributed by atoms with Gasteiger partial charge in [0.15, 0.2) is 0 Å². The summed E-state index contributed by atoms with van der Waals surface area (Å²) in [7, 11) is 0. The lowest BCUT2D eigenvalue weighted by atomic mass is 10.2. The SMILES string of the molecule is Cc1nc(C)n(C(C)CCCNC(C)C)n1. The van der Waals surface area contributed by atoms with Crippen molar-refractivity contribution in [1.29, 1.82) is 0 Å². The fourth-order valence-electron chi connectivity index (χ4n) is 1.86. The van der Waals surface area contributed by atoms with Gasteiger partial charge in [0.1, 0.15) is 11.6 Å². The molecular weight excluding hydrogens is 200 g/mol. The van der Waals surface area contributed by atoms with Crippen molar-refractivity contribution in [2.24, 2.45) is 0 Å². The van der Waals surface area contributed by atoms with Gasteiger partial charge in [0.2, 0.25) is 0 Å². The molecule has 0 radical (unpaired) electrons. The molecule has 1 atom stereocenters. The zero-order valence-electron chi connectivity index (χ0n) is 11.1. The van der Waals surface area contributed by atoms with Crippen LogP contribution in [-0.4, -0.2) is 27.4 Å². The Labute approximate surface area is 98.5 Å². The summed E-state index contributed by atoms with van der Waals surface area (Å²) < 4.78 is 2.03. The monoisotopic (exact) mass is 224 g/mol. The van der Waals surface area contributed by atoms with Crippen molar-refractivity contribution in [3.63, 3.8) is 0 Å². The number of aromatic nitrogens is 3. The zero-order valence-corrected chi connectivity index (χ0v) is 11.1. The van der Waals surface area contributed by atoms with E-state index in [4.69, 9.17) is 0 Å². The predicted octanol–water partition coefficient (Wildman–Crippen LogP) is 2.23. The first-order valence-electron chi connectivity index (χ1n) is 6.14. The maximum absolute atomic E-state index is 4.41. The fraction of sp³-hybridized carbons (Fsp3) is 0.833. The molecule has 0 bridgehead atoms. The lowest BCUT2D eigenvalue weighted by Gasteiger charge is -2.14. The number of hydrogen-bond acceptors (Lipinski definition) is 3. The average molecular weight is 224 g/mol. The van der Waals surface area contributed by atoms with Crippen molar-refractivity contribution in [3.05, 3.63) is 11.6 Å². The van der Waals surface area contributed by atoms with E-state index >= 15 is 0 Å². The van der Waals surface area contributed by atoms with E-state index in [0.29, 0.717) is 12.1 Å². The van der Waals surface area contributed by atoms with Gasteiger partial charge in [-0.05, 0) is 40.2 Å². The van der Waals surface area contributed by atoms with Crippen molar-refractivity contribution in [3.8, 4) is 0 Å². The van der Waals surface area contributed by atoms with Crippen LogP contribution in [0.15, 0.2) is 0 Å². The molecule has 1 aromatic heterocycles. The van der Waals surface area contributed by atoms with Gasteiger partial charge >= 0.3 is 0 Å². The van der Waals surface area contributed by atoms with Gasteiger partial charge in [0.05, 0.1) is 6.04 Å². The molecule has 0 amide bonds. The lowest BCUT2D eigenvalue weighted by Crippen LogP contribution is -2.24. The summed E-state index contributed by atoms with van der Waals surface area (Å²) in [5.74, 6) is 1.88. The van der Waals surface area contributed by atoms with Crippen molar-refractivity contribution >= 4 is 0 Å². The van der Waals surface area contributed by atoms with Crippen molar-refractivity contribution < 1.29 is 0 Å². The quantitative estimate of drug-likeness (QED) is 0.754. The summed E-state index contributed by atoms with van der Waals surface area (Å²) in [6.07, 6.45) is 2.32. The second-order valence-corrected chi connectivity index (χ2v) is 4.75. The zero-order chi connectivity index (χ0) is 12.1. The molecule has 0 spiro atoms. The Hall–Kier alpha value is -0.900. The molecule has 16 heavy (non-hydrogen) atoms. The van der Waals surface area contributed by atoms with Gasteiger partial charge in [-0.1, -0.05) is 13.8 Å². The number of aryl methyl sites for hydroxylation is 2. The normalized spacial score (nSPS) is 13.4. The second-order valence-electron chi connectivity index (χ2n) is 4.75. The highest BCUT2D eigenvalue weighted by molar-refractivity contribution is 4.89. The summed E-state index contributed by atoms with van der Waals surface area (Å²) in [6.45, 7) is 11.6. The first-order chi connectivity index (χ1) is 7.50. The third kappa shape index (κ3) is 3.93. The van der Waals surface area contributed by atoms with E-state index in [1.165, 1.54) is 6.42 Å². The molecule has 1 rings (SSSR count). The minimum absolute atomic E-state index is 0.440. The summed E-state index contributed by atoms with van der Waals surface area (Å²) in [5, 5.41) is 7.84. The van der Waals surface area contributed by atoms with Crippen LogP contribution in [0.1, 0.15) is 51.3 Å². The van der Waals surface area contributed by atoms with Crippen LogP contribution in [0.2, 0.25) is 0 Å². The van der Waals surface area contributed by atoms with Crippen LogP contribution in [0, 0.1) is 13.8 Å². The Morgan fingerprint density at radius 2 is 1.94 bits per heavy atom. The first kappa shape index (κ1) is 13.2. The van der Waals surface area contributed by atoms with E-state index < -0.39 is 0 Å². The molecule has 0 fully saturated rings. The molecule has 4 nitrogen and oxygen atoms in total. The van der Waals surface area contributed by atoms with Crippen molar-refractivity contribution in [2.75, 3.05) is 6.54 Å². The molecule has 1 aromatic rings. The number of nitrogens with zero attached hydrogens (tertiary/aromatic N) is 3. The first-order valence-corrected chi connectivity index (χ1v) is 6.14. The highest BCUT2D eigenvalue weighted by Crippen LogP contribution is 2.13. The molecule has 1 heterocycles. The minimum Gasteiger partial charge on any atom is -0.315 e. The van der Waals surface area contributed by atoms with Gasteiger partial charge in [-0.3, -0.25) is 0 Å². The predicted molar refractivity (Wildman–Crippen MR) is 66.6 cm³/mol. The summed E-state index contributed by atoms with van der Waals surface area (Å²) in [6, 6.07) is 1.01. The summed E-state index contributed by atoms with van der Waals surface area (Å²) in [5.41, 5.74) is 0. The highest BCUT2D eigenvalue weighted by atomic mass is 15.4. The van der Waals surface area contributed by atoms with Crippen LogP contribution >= 0.6 is 0 Å². The molecule has 4 heteroatoms. The van der Waals surface area contributed by atoms with E-state index in [1.807, 2.05) is 18.5 Å². The molecule has 1 unspecified atom stereocenters. The molecule has 0 saturated heterocycles. The topological polar surface area (TPSA) is 42.7 Å². The molecular formula is C12H24N4. The van der Waals surface area contributed by atoms with Crippen molar-refractivity contribution in [2.45, 2.75) is 59.5 Å². The van der Waals surface area contributed by atoms with E-state index in [0.717, 1.165) is 24.6 Å². The smallest absolute Gasteiger partial charge is 0.147 e. The largest absolute Gasteiger partial charge is 0.315 e. The molecule has 1 N–H and O–H groups in total. The standard InChI is InChI=1S/C12H24N4/c1-9(2)13-8-6-7-10(3)16-12(5)14-11(4)15-16/h9-10,13H,6-8H2,1-5H3. The van der Waals surface area contributed by atoms with Crippen LogP contribution in [0.4, 0.5) is 0 Å². The van der Waals surface area contributed by atoms with E-state index in [2.05, 4.69) is 36.2 Å². The Balaban J connectivity index is 2.35. The molecule has 0 aliphatic carbocycles. The fourth-order valence-corrected chi connectivity index (χ4v) is 1.86. The molecule has 0 aliphatic heterocycles. The van der Waals surface area contributed by atoms with Gasteiger partial charge in [-0.15, -0.1) is 0 Å². The molecule has 92 valence electrons. The van der Waals surface area contributed by atoms with Gasteiger partial charge in [0.25, 0.3) is 0 Å². The van der Waals surface area contributed by atoms with Crippen molar-refractivity contribution in [1.82, 2.24) is 20.1 Å². The van der Waals surface area contributed by atoms with Gasteiger partial charge < -0.3 is 5.32 Å². The minimum atomic E-state index is 0.440. The average Bonchev–Trinajstić information content (AvgIpc) is 2.52. The third-order valence-electron chi connectivity index (χ3n) is 2.68. The van der Waals surface area contributed by atoms with Gasteiger partial charge in [0, 0.05) is 6.04 Å². The number of rotatable bonds is 6.